The Morgan fingerprint density at radius 2 is 2.15 bits per heavy atom. The van der Waals surface area contributed by atoms with Gasteiger partial charge in [-0.2, -0.15) is 0 Å². The van der Waals surface area contributed by atoms with Gasteiger partial charge in [0.1, 0.15) is 0 Å². The van der Waals surface area contributed by atoms with Crippen LogP contribution >= 0.6 is 0 Å². The van der Waals surface area contributed by atoms with Crippen molar-refractivity contribution in [2.45, 2.75) is 17.4 Å². The molecule has 1 atom stereocenters. The number of amides is 1. The lowest BCUT2D eigenvalue weighted by atomic mass is 10.2. The number of carbonyl (C=O) groups is 1. The molecule has 1 unspecified atom stereocenters. The molecule has 0 aliphatic carbocycles. The first-order valence-electron chi connectivity index (χ1n) is 5.99. The molecule has 0 saturated carbocycles. The molecule has 0 saturated heterocycles. The number of hydrogen-bond acceptors (Lipinski definition) is 5. The second-order valence-corrected chi connectivity index (χ2v) is 6.00. The van der Waals surface area contributed by atoms with Crippen molar-refractivity contribution in [2.24, 2.45) is 5.73 Å². The number of benzene rings is 1. The Morgan fingerprint density at radius 1 is 1.45 bits per heavy atom. The zero-order chi connectivity index (χ0) is 15.2. The molecule has 7 nitrogen and oxygen atoms in total. The van der Waals surface area contributed by atoms with Crippen LogP contribution in [0.15, 0.2) is 29.2 Å². The quantitative estimate of drug-likeness (QED) is 0.651. The summed E-state index contributed by atoms with van der Waals surface area (Å²) in [5.41, 5.74) is 6.05. The lowest BCUT2D eigenvalue weighted by Crippen LogP contribution is -2.36. The highest BCUT2D eigenvalue weighted by atomic mass is 32.2. The van der Waals surface area contributed by atoms with Crippen molar-refractivity contribution in [2.75, 3.05) is 26.1 Å². The Kier molecular flexibility index (Phi) is 6.08. The molecule has 1 aromatic rings. The third-order valence-electron chi connectivity index (χ3n) is 2.65. The summed E-state index contributed by atoms with van der Waals surface area (Å²) >= 11 is 0. The van der Waals surface area contributed by atoms with E-state index < -0.39 is 16.1 Å². The number of anilines is 1. The van der Waals surface area contributed by atoms with E-state index in [1.807, 2.05) is 0 Å². The van der Waals surface area contributed by atoms with Crippen molar-refractivity contribution in [1.29, 1.82) is 0 Å². The van der Waals surface area contributed by atoms with E-state index >= 15 is 0 Å². The van der Waals surface area contributed by atoms with Crippen LogP contribution in [0.3, 0.4) is 0 Å². The van der Waals surface area contributed by atoms with Crippen molar-refractivity contribution in [3.8, 4) is 0 Å². The molecular weight excluding hydrogens is 282 g/mol. The summed E-state index contributed by atoms with van der Waals surface area (Å²) in [6.45, 7) is 0.378. The SMILES string of the molecule is CNS(=O)(=O)c1cccc(NC(=O)C(N)CCOC)c1. The highest BCUT2D eigenvalue weighted by Gasteiger charge is 2.15. The van der Waals surface area contributed by atoms with Gasteiger partial charge in [0, 0.05) is 19.4 Å². The maximum Gasteiger partial charge on any atom is 0.241 e. The van der Waals surface area contributed by atoms with Crippen LogP contribution < -0.4 is 15.8 Å². The Bertz CT molecular complexity index is 560. The van der Waals surface area contributed by atoms with Gasteiger partial charge in [-0.15, -0.1) is 0 Å². The smallest absolute Gasteiger partial charge is 0.241 e. The average molecular weight is 301 g/mol. The molecule has 1 amide bonds. The fourth-order valence-corrected chi connectivity index (χ4v) is 2.25. The Balaban J connectivity index is 2.79. The monoisotopic (exact) mass is 301 g/mol. The number of methoxy groups -OCH3 is 1. The molecule has 0 radical (unpaired) electrons. The molecule has 20 heavy (non-hydrogen) atoms. The Morgan fingerprint density at radius 3 is 2.75 bits per heavy atom. The molecule has 112 valence electrons. The van der Waals surface area contributed by atoms with Crippen molar-refractivity contribution >= 4 is 21.6 Å². The summed E-state index contributed by atoms with van der Waals surface area (Å²) in [6.07, 6.45) is 0.386. The molecule has 0 aliphatic rings. The van der Waals surface area contributed by atoms with Crippen molar-refractivity contribution in [1.82, 2.24) is 4.72 Å². The number of nitrogens with two attached hydrogens (primary N) is 1. The van der Waals surface area contributed by atoms with Crippen molar-refractivity contribution in [3.05, 3.63) is 24.3 Å². The zero-order valence-corrected chi connectivity index (χ0v) is 12.2. The molecule has 4 N–H and O–H groups in total. The summed E-state index contributed by atoms with van der Waals surface area (Å²) in [6, 6.07) is 5.23. The Labute approximate surface area is 118 Å². The fourth-order valence-electron chi connectivity index (χ4n) is 1.47. The molecule has 0 bridgehead atoms. The fraction of sp³-hybridized carbons (Fsp3) is 0.417. The van der Waals surface area contributed by atoms with E-state index in [1.165, 1.54) is 26.3 Å². The number of carbonyl (C=O) groups excluding carboxylic acids is 1. The number of rotatable bonds is 7. The topological polar surface area (TPSA) is 111 Å². The molecule has 8 heteroatoms. The summed E-state index contributed by atoms with van der Waals surface area (Å²) in [7, 11) is -0.698. The van der Waals surface area contributed by atoms with Gasteiger partial charge in [0.25, 0.3) is 0 Å². The van der Waals surface area contributed by atoms with E-state index in [2.05, 4.69) is 10.0 Å². The Hall–Kier alpha value is -1.48. The maximum atomic E-state index is 11.8. The van der Waals surface area contributed by atoms with Gasteiger partial charge < -0.3 is 15.8 Å². The first-order valence-corrected chi connectivity index (χ1v) is 7.48. The van der Waals surface area contributed by atoms with Gasteiger partial charge in [0.05, 0.1) is 10.9 Å². The normalized spacial score (nSPS) is 12.9. The van der Waals surface area contributed by atoms with Gasteiger partial charge in [0.2, 0.25) is 15.9 Å². The molecule has 0 heterocycles. The second kappa shape index (κ2) is 7.34. The van der Waals surface area contributed by atoms with Crippen LogP contribution in [0.25, 0.3) is 0 Å². The van der Waals surface area contributed by atoms with Crippen molar-refractivity contribution in [3.63, 3.8) is 0 Å². The van der Waals surface area contributed by atoms with Gasteiger partial charge in [-0.1, -0.05) is 6.07 Å². The van der Waals surface area contributed by atoms with Crippen molar-refractivity contribution < 1.29 is 17.9 Å². The molecule has 0 spiro atoms. The van der Waals surface area contributed by atoms with Crippen LogP contribution in [0.4, 0.5) is 5.69 Å². The predicted octanol–water partition coefficient (Wildman–Crippen LogP) is -0.103. The lowest BCUT2D eigenvalue weighted by molar-refractivity contribution is -0.117. The minimum absolute atomic E-state index is 0.0725. The lowest BCUT2D eigenvalue weighted by Gasteiger charge is -2.12. The molecule has 0 aliphatic heterocycles. The number of sulfonamides is 1. The zero-order valence-electron chi connectivity index (χ0n) is 11.4. The van der Waals surface area contributed by atoms with Crippen LogP contribution in [0.5, 0.6) is 0 Å². The van der Waals surface area contributed by atoms with Crippen LogP contribution in [-0.2, 0) is 19.6 Å². The van der Waals surface area contributed by atoms with E-state index in [0.717, 1.165) is 0 Å². The van der Waals surface area contributed by atoms with E-state index in [1.54, 1.807) is 12.1 Å². The molecule has 0 fully saturated rings. The second-order valence-electron chi connectivity index (χ2n) is 4.11. The predicted molar refractivity (Wildman–Crippen MR) is 75.8 cm³/mol. The highest BCUT2D eigenvalue weighted by molar-refractivity contribution is 7.89. The molecule has 1 aromatic carbocycles. The standard InChI is InChI=1S/C12H19N3O4S/c1-14-20(17,18)10-5-3-4-9(8-10)15-12(16)11(13)6-7-19-2/h3-5,8,11,14H,6-7,13H2,1-2H3,(H,15,16). The van der Waals surface area contributed by atoms with Crippen LogP contribution in [-0.4, -0.2) is 41.1 Å². The van der Waals surface area contributed by atoms with Gasteiger partial charge in [0.15, 0.2) is 0 Å². The molecule has 1 rings (SSSR count). The van der Waals surface area contributed by atoms with Gasteiger partial charge in [-0.05, 0) is 31.7 Å². The average Bonchev–Trinajstić information content (AvgIpc) is 2.44. The van der Waals surface area contributed by atoms with E-state index in [9.17, 15) is 13.2 Å². The largest absolute Gasteiger partial charge is 0.385 e. The van der Waals surface area contributed by atoms with Crippen LogP contribution in [0.2, 0.25) is 0 Å². The number of ether oxygens (including phenoxy) is 1. The van der Waals surface area contributed by atoms with Crippen LogP contribution in [0.1, 0.15) is 6.42 Å². The van der Waals surface area contributed by atoms with Gasteiger partial charge in [-0.25, -0.2) is 13.1 Å². The molecular formula is C12H19N3O4S. The third kappa shape index (κ3) is 4.57. The summed E-state index contributed by atoms with van der Waals surface area (Å²) in [5, 5.41) is 2.58. The summed E-state index contributed by atoms with van der Waals surface area (Å²) < 4.78 is 30.3. The van der Waals surface area contributed by atoms with Crippen LogP contribution in [0, 0.1) is 0 Å². The van der Waals surface area contributed by atoms with E-state index in [4.69, 9.17) is 10.5 Å². The summed E-state index contributed by atoms with van der Waals surface area (Å²) in [5.74, 6) is -0.388. The maximum absolute atomic E-state index is 11.8. The number of hydrogen-bond donors (Lipinski definition) is 3. The highest BCUT2D eigenvalue weighted by Crippen LogP contribution is 2.15. The first-order chi connectivity index (χ1) is 9.40. The number of nitrogens with one attached hydrogen (secondary N) is 2. The summed E-state index contributed by atoms with van der Waals surface area (Å²) in [4.78, 5) is 11.9. The van der Waals surface area contributed by atoms with Gasteiger partial charge >= 0.3 is 0 Å². The minimum atomic E-state index is -3.54. The third-order valence-corrected chi connectivity index (χ3v) is 4.06. The van der Waals surface area contributed by atoms with Gasteiger partial charge in [-0.3, -0.25) is 4.79 Å². The minimum Gasteiger partial charge on any atom is -0.385 e. The van der Waals surface area contributed by atoms with E-state index in [0.29, 0.717) is 18.7 Å². The molecule has 0 aromatic heterocycles. The first kappa shape index (κ1) is 16.6. The van der Waals surface area contributed by atoms with E-state index in [-0.39, 0.29) is 10.8 Å².